The summed E-state index contributed by atoms with van der Waals surface area (Å²) in [6, 6.07) is 15.5. The highest BCUT2D eigenvalue weighted by molar-refractivity contribution is 6.46. The lowest BCUT2D eigenvalue weighted by atomic mass is 9.94. The summed E-state index contributed by atoms with van der Waals surface area (Å²) in [5.41, 5.74) is 2.95. The van der Waals surface area contributed by atoms with Crippen molar-refractivity contribution in [2.45, 2.75) is 39.0 Å². The van der Waals surface area contributed by atoms with Crippen molar-refractivity contribution in [3.63, 3.8) is 0 Å². The van der Waals surface area contributed by atoms with E-state index in [2.05, 4.69) is 4.98 Å². The maximum atomic E-state index is 13.3. The Bertz CT molecular complexity index is 1320. The van der Waals surface area contributed by atoms with E-state index in [0.29, 0.717) is 29.9 Å². The number of hydrogen-bond donors (Lipinski definition) is 1. The molecule has 35 heavy (non-hydrogen) atoms. The molecule has 1 aromatic heterocycles. The quantitative estimate of drug-likeness (QED) is 0.326. The van der Waals surface area contributed by atoms with Gasteiger partial charge in [0.2, 0.25) is 0 Å². The minimum absolute atomic E-state index is 0.0498. The molecular weight excluding hydrogens is 444 g/mol. The second kappa shape index (κ2) is 9.25. The fraction of sp³-hybridized carbons (Fsp3) is 0.250. The van der Waals surface area contributed by atoms with Gasteiger partial charge in [-0.15, -0.1) is 0 Å². The summed E-state index contributed by atoms with van der Waals surface area (Å²) in [6.45, 7) is 4.53. The molecule has 0 unspecified atom stereocenters. The van der Waals surface area contributed by atoms with E-state index in [0.717, 1.165) is 16.9 Å². The van der Waals surface area contributed by atoms with Crippen molar-refractivity contribution in [2.24, 2.45) is 0 Å². The van der Waals surface area contributed by atoms with Gasteiger partial charge in [0, 0.05) is 30.9 Å². The maximum Gasteiger partial charge on any atom is 0.295 e. The zero-order valence-corrected chi connectivity index (χ0v) is 19.6. The number of aromatic nitrogens is 1. The SMILES string of the molecule is CCOc1cccc([C@@H]2C(=C(O)c3ccc4c(c3)C[C@@H](C)O4)C(=O)C(=O)N2Cc2cccnc2)c1. The molecule has 2 aliphatic rings. The first-order valence-electron chi connectivity index (χ1n) is 11.7. The Morgan fingerprint density at radius 1 is 1.17 bits per heavy atom. The Morgan fingerprint density at radius 3 is 2.80 bits per heavy atom. The lowest BCUT2D eigenvalue weighted by Gasteiger charge is -2.25. The first-order valence-corrected chi connectivity index (χ1v) is 11.7. The molecule has 2 atom stereocenters. The number of carbonyl (C=O) groups excluding carboxylic acids is 2. The summed E-state index contributed by atoms with van der Waals surface area (Å²) in [5, 5.41) is 11.4. The second-order valence-electron chi connectivity index (χ2n) is 8.75. The van der Waals surface area contributed by atoms with Crippen LogP contribution in [0.2, 0.25) is 0 Å². The van der Waals surface area contributed by atoms with Crippen molar-refractivity contribution in [3.05, 3.63) is 94.8 Å². The number of aliphatic hydroxyl groups excluding tert-OH is 1. The predicted octanol–water partition coefficient (Wildman–Crippen LogP) is 4.43. The molecule has 7 nitrogen and oxygen atoms in total. The third-order valence-corrected chi connectivity index (χ3v) is 6.27. The second-order valence-corrected chi connectivity index (χ2v) is 8.75. The van der Waals surface area contributed by atoms with E-state index in [-0.39, 0.29) is 24.0 Å². The van der Waals surface area contributed by atoms with Crippen LogP contribution >= 0.6 is 0 Å². The van der Waals surface area contributed by atoms with Crippen molar-refractivity contribution in [3.8, 4) is 11.5 Å². The summed E-state index contributed by atoms with van der Waals surface area (Å²) in [4.78, 5) is 32.2. The monoisotopic (exact) mass is 470 g/mol. The van der Waals surface area contributed by atoms with Gasteiger partial charge >= 0.3 is 0 Å². The van der Waals surface area contributed by atoms with Gasteiger partial charge in [-0.05, 0) is 66.9 Å². The van der Waals surface area contributed by atoms with E-state index in [1.165, 1.54) is 4.90 Å². The predicted molar refractivity (Wildman–Crippen MR) is 130 cm³/mol. The van der Waals surface area contributed by atoms with Crippen LogP contribution in [0, 0.1) is 0 Å². The first kappa shape index (κ1) is 22.7. The van der Waals surface area contributed by atoms with E-state index >= 15 is 0 Å². The number of amides is 1. The summed E-state index contributed by atoms with van der Waals surface area (Å²) in [5.74, 6) is -0.192. The van der Waals surface area contributed by atoms with Crippen LogP contribution in [-0.4, -0.2) is 39.4 Å². The third-order valence-electron chi connectivity index (χ3n) is 6.27. The van der Waals surface area contributed by atoms with Crippen LogP contribution < -0.4 is 9.47 Å². The van der Waals surface area contributed by atoms with Crippen molar-refractivity contribution in [1.82, 2.24) is 9.88 Å². The normalized spacial score (nSPS) is 20.6. The Hall–Kier alpha value is -4.13. The molecule has 1 N–H and O–H groups in total. The molecule has 0 bridgehead atoms. The molecule has 1 fully saturated rings. The number of pyridine rings is 1. The molecule has 1 saturated heterocycles. The third kappa shape index (κ3) is 4.25. The molecule has 178 valence electrons. The highest BCUT2D eigenvalue weighted by Gasteiger charge is 2.46. The largest absolute Gasteiger partial charge is 0.507 e. The van der Waals surface area contributed by atoms with Gasteiger partial charge in [0.15, 0.2) is 0 Å². The summed E-state index contributed by atoms with van der Waals surface area (Å²) < 4.78 is 11.4. The van der Waals surface area contributed by atoms with Crippen LogP contribution in [-0.2, 0) is 22.6 Å². The Morgan fingerprint density at radius 2 is 2.03 bits per heavy atom. The minimum atomic E-state index is -0.779. The molecule has 0 radical (unpaired) electrons. The molecule has 3 aromatic rings. The number of carbonyl (C=O) groups is 2. The van der Waals surface area contributed by atoms with Gasteiger partial charge in [-0.25, -0.2) is 0 Å². The zero-order valence-electron chi connectivity index (χ0n) is 19.6. The van der Waals surface area contributed by atoms with Crippen LogP contribution in [0.25, 0.3) is 5.76 Å². The van der Waals surface area contributed by atoms with Crippen molar-refractivity contribution in [2.75, 3.05) is 6.61 Å². The maximum absolute atomic E-state index is 13.3. The molecular formula is C28H26N2O5. The summed E-state index contributed by atoms with van der Waals surface area (Å²) in [7, 11) is 0. The number of fused-ring (bicyclic) bond motifs is 1. The average Bonchev–Trinajstić information content (AvgIpc) is 3.35. The molecule has 0 saturated carbocycles. The van der Waals surface area contributed by atoms with Gasteiger partial charge < -0.3 is 19.5 Å². The molecule has 0 aliphatic carbocycles. The number of likely N-dealkylation sites (tertiary alicyclic amines) is 1. The number of nitrogens with zero attached hydrogens (tertiary/aromatic N) is 2. The van der Waals surface area contributed by atoms with Gasteiger partial charge in [-0.2, -0.15) is 0 Å². The first-order chi connectivity index (χ1) is 17.0. The number of ketones is 1. The zero-order chi connectivity index (χ0) is 24.5. The Balaban J connectivity index is 1.63. The van der Waals surface area contributed by atoms with E-state index in [4.69, 9.17) is 9.47 Å². The van der Waals surface area contributed by atoms with Crippen molar-refractivity contribution >= 4 is 17.4 Å². The van der Waals surface area contributed by atoms with Gasteiger partial charge in [0.05, 0.1) is 18.2 Å². The van der Waals surface area contributed by atoms with Gasteiger partial charge in [0.25, 0.3) is 11.7 Å². The molecule has 3 heterocycles. The molecule has 2 aromatic carbocycles. The van der Waals surface area contributed by atoms with Crippen molar-refractivity contribution in [1.29, 1.82) is 0 Å². The fourth-order valence-corrected chi connectivity index (χ4v) is 4.74. The molecule has 1 amide bonds. The van der Waals surface area contributed by atoms with E-state index in [9.17, 15) is 14.7 Å². The van der Waals surface area contributed by atoms with Crippen LogP contribution in [0.3, 0.4) is 0 Å². The van der Waals surface area contributed by atoms with Gasteiger partial charge in [-0.1, -0.05) is 18.2 Å². The number of Topliss-reactive ketones (excluding diaryl/α,β-unsaturated/α-hetero) is 1. The molecule has 0 spiro atoms. The van der Waals surface area contributed by atoms with Crippen LogP contribution in [0.4, 0.5) is 0 Å². The highest BCUT2D eigenvalue weighted by atomic mass is 16.5. The minimum Gasteiger partial charge on any atom is -0.507 e. The number of benzene rings is 2. The molecule has 7 heteroatoms. The van der Waals surface area contributed by atoms with Crippen molar-refractivity contribution < 1.29 is 24.2 Å². The van der Waals surface area contributed by atoms with Gasteiger partial charge in [0.1, 0.15) is 23.4 Å². The van der Waals surface area contributed by atoms with Crippen LogP contribution in [0.5, 0.6) is 11.5 Å². The van der Waals surface area contributed by atoms with Gasteiger partial charge in [-0.3, -0.25) is 14.6 Å². The van der Waals surface area contributed by atoms with E-state index < -0.39 is 17.7 Å². The standard InChI is InChI=1S/C28H26N2O5/c1-3-34-22-8-4-7-19(14-22)25-24(26(31)20-9-10-23-21(13-20)12-17(2)35-23)27(32)28(33)30(25)16-18-6-5-11-29-15-18/h4-11,13-15,17,25,31H,3,12,16H2,1-2H3/t17-,25-/m1/s1. The highest BCUT2D eigenvalue weighted by Crippen LogP contribution is 2.42. The van der Waals surface area contributed by atoms with E-state index in [1.54, 1.807) is 30.6 Å². The Kier molecular flexibility index (Phi) is 5.99. The molecule has 5 rings (SSSR count). The summed E-state index contributed by atoms with van der Waals surface area (Å²) in [6.07, 6.45) is 4.08. The lowest BCUT2D eigenvalue weighted by molar-refractivity contribution is -0.140. The fourth-order valence-electron chi connectivity index (χ4n) is 4.74. The number of hydrogen-bond acceptors (Lipinski definition) is 6. The molecule has 2 aliphatic heterocycles. The average molecular weight is 471 g/mol. The topological polar surface area (TPSA) is 89.0 Å². The number of aliphatic hydroxyl groups is 1. The summed E-state index contributed by atoms with van der Waals surface area (Å²) >= 11 is 0. The van der Waals surface area contributed by atoms with Crippen LogP contribution in [0.1, 0.15) is 42.1 Å². The van der Waals surface area contributed by atoms with E-state index in [1.807, 2.05) is 50.2 Å². The Labute approximate surface area is 203 Å². The lowest BCUT2D eigenvalue weighted by Crippen LogP contribution is -2.29. The number of rotatable bonds is 6. The smallest absolute Gasteiger partial charge is 0.295 e. The van der Waals surface area contributed by atoms with Crippen LogP contribution in [0.15, 0.2) is 72.6 Å². The number of ether oxygens (including phenoxy) is 2.